The minimum Gasteiger partial charge on any atom is -0.455 e. The fourth-order valence-corrected chi connectivity index (χ4v) is 2.08. The number of rotatable bonds is 4. The van der Waals surface area contributed by atoms with Gasteiger partial charge in [0.05, 0.1) is 12.4 Å². The van der Waals surface area contributed by atoms with Gasteiger partial charge in [-0.1, -0.05) is 17.7 Å². The summed E-state index contributed by atoms with van der Waals surface area (Å²) in [5.41, 5.74) is 0.915. The number of aromatic nitrogens is 3. The highest BCUT2D eigenvalue weighted by Gasteiger charge is 2.03. The number of aryl methyl sites for hydroxylation is 1. The van der Waals surface area contributed by atoms with Gasteiger partial charge in [0.15, 0.2) is 6.29 Å². The predicted molar refractivity (Wildman–Crippen MR) is 97.4 cm³/mol. The molecule has 6 nitrogen and oxygen atoms in total. The molecule has 3 rings (SSSR count). The van der Waals surface area contributed by atoms with Crippen LogP contribution < -0.4 is 10.1 Å². The second-order valence-electron chi connectivity index (χ2n) is 5.02. The number of aldehydes is 1. The topological polar surface area (TPSA) is 77.0 Å². The molecule has 0 aromatic carbocycles. The molecule has 26 heavy (non-hydrogen) atoms. The second-order valence-corrected chi connectivity index (χ2v) is 5.41. The number of nitrogens with zero attached hydrogens (tertiary/aromatic N) is 3. The maximum Gasteiger partial charge on any atom is 0.168 e. The molecule has 3 heterocycles. The summed E-state index contributed by atoms with van der Waals surface area (Å²) < 4.78 is 18.3. The molecule has 0 bridgehead atoms. The van der Waals surface area contributed by atoms with Gasteiger partial charge in [0.2, 0.25) is 0 Å². The summed E-state index contributed by atoms with van der Waals surface area (Å²) in [5.74, 6) is 1.01. The quantitative estimate of drug-likeness (QED) is 0.541. The fraction of sp³-hybridized carbons (Fsp3) is 0.111. The lowest BCUT2D eigenvalue weighted by Gasteiger charge is -2.06. The molecule has 0 unspecified atom stereocenters. The van der Waals surface area contributed by atoms with Crippen LogP contribution >= 0.6 is 11.6 Å². The zero-order valence-corrected chi connectivity index (χ0v) is 14.9. The Hall–Kier alpha value is -3.06. The van der Waals surface area contributed by atoms with Crippen LogP contribution in [0.1, 0.15) is 16.2 Å². The van der Waals surface area contributed by atoms with E-state index in [1.165, 1.54) is 18.3 Å². The number of nitrogens with one attached hydrogen (secondary N) is 1. The van der Waals surface area contributed by atoms with Crippen molar-refractivity contribution in [3.05, 3.63) is 71.2 Å². The molecule has 0 amide bonds. The van der Waals surface area contributed by atoms with Crippen LogP contribution in [0, 0.1) is 12.7 Å². The lowest BCUT2D eigenvalue weighted by molar-refractivity contribution is 0.111. The molecule has 0 aliphatic heterocycles. The second kappa shape index (κ2) is 9.43. The van der Waals surface area contributed by atoms with Crippen LogP contribution in [0.5, 0.6) is 11.5 Å². The first-order chi connectivity index (χ1) is 12.5. The van der Waals surface area contributed by atoms with Crippen molar-refractivity contribution < 1.29 is 13.9 Å². The smallest absolute Gasteiger partial charge is 0.168 e. The molecule has 0 radical (unpaired) electrons. The number of carbonyl (C=O) groups excluding carboxylic acids is 1. The Morgan fingerprint density at radius 2 is 1.96 bits per heavy atom. The number of anilines is 1. The number of hydrogen-bond acceptors (Lipinski definition) is 6. The first-order valence-corrected chi connectivity index (χ1v) is 7.90. The van der Waals surface area contributed by atoms with Gasteiger partial charge in [0.1, 0.15) is 34.0 Å². The van der Waals surface area contributed by atoms with Crippen molar-refractivity contribution in [2.24, 2.45) is 0 Å². The molecular formula is C18H16ClFN4O2. The molecule has 0 atom stereocenters. The third kappa shape index (κ3) is 6.10. The third-order valence-electron chi connectivity index (χ3n) is 2.95. The lowest BCUT2D eigenvalue weighted by atomic mass is 10.3. The first kappa shape index (κ1) is 19.3. The van der Waals surface area contributed by atoms with Crippen LogP contribution in [0.3, 0.4) is 0 Å². The molecule has 0 saturated heterocycles. The molecule has 0 spiro atoms. The molecule has 0 fully saturated rings. The van der Waals surface area contributed by atoms with E-state index in [1.807, 2.05) is 12.1 Å². The standard InChI is InChI=1S/C12H9FN2O2.C6H7ClN2/c1-8-2-11(4-10(7-16)15-8)17-12-3-9(13)5-14-6-12;1-8-6-4-2-3-5(7)9-6/h2-7H,1H3;2-4H,1H3,(H,8,9). The normalized spacial score (nSPS) is 9.69. The zero-order chi connectivity index (χ0) is 18.9. The van der Waals surface area contributed by atoms with E-state index in [1.54, 1.807) is 26.1 Å². The van der Waals surface area contributed by atoms with Crippen molar-refractivity contribution in [3.63, 3.8) is 0 Å². The Morgan fingerprint density at radius 1 is 1.15 bits per heavy atom. The van der Waals surface area contributed by atoms with E-state index in [2.05, 4.69) is 20.3 Å². The minimum absolute atomic E-state index is 0.268. The van der Waals surface area contributed by atoms with Gasteiger partial charge in [0.25, 0.3) is 0 Å². The number of hydrogen-bond donors (Lipinski definition) is 1. The Balaban J connectivity index is 0.000000228. The predicted octanol–water partition coefficient (Wildman–Crippen LogP) is 4.31. The van der Waals surface area contributed by atoms with E-state index in [0.29, 0.717) is 22.9 Å². The van der Waals surface area contributed by atoms with Crippen molar-refractivity contribution in [2.45, 2.75) is 6.92 Å². The van der Waals surface area contributed by atoms with Crippen molar-refractivity contribution in [1.82, 2.24) is 15.0 Å². The van der Waals surface area contributed by atoms with Gasteiger partial charge in [-0.15, -0.1) is 0 Å². The van der Waals surface area contributed by atoms with Crippen LogP contribution in [0.25, 0.3) is 0 Å². The van der Waals surface area contributed by atoms with E-state index in [-0.39, 0.29) is 11.4 Å². The molecular weight excluding hydrogens is 359 g/mol. The van der Waals surface area contributed by atoms with Gasteiger partial charge in [0, 0.05) is 30.9 Å². The monoisotopic (exact) mass is 374 g/mol. The van der Waals surface area contributed by atoms with Gasteiger partial charge in [-0.3, -0.25) is 14.8 Å². The fourth-order valence-electron chi connectivity index (χ4n) is 1.91. The maximum atomic E-state index is 12.9. The molecule has 8 heteroatoms. The van der Waals surface area contributed by atoms with E-state index in [4.69, 9.17) is 16.3 Å². The Kier molecular flexibility index (Phi) is 6.99. The molecule has 0 aliphatic carbocycles. The number of ether oxygens (including phenoxy) is 1. The Labute approximate surface area is 155 Å². The van der Waals surface area contributed by atoms with Crippen LogP contribution in [0.15, 0.2) is 48.8 Å². The van der Waals surface area contributed by atoms with Crippen LogP contribution in [-0.2, 0) is 0 Å². The van der Waals surface area contributed by atoms with Crippen LogP contribution in [0.2, 0.25) is 5.15 Å². The van der Waals surface area contributed by atoms with Gasteiger partial charge < -0.3 is 10.1 Å². The first-order valence-electron chi connectivity index (χ1n) is 7.52. The van der Waals surface area contributed by atoms with Crippen molar-refractivity contribution in [1.29, 1.82) is 0 Å². The number of pyridine rings is 3. The molecule has 134 valence electrons. The highest BCUT2D eigenvalue weighted by Crippen LogP contribution is 2.22. The highest BCUT2D eigenvalue weighted by atomic mass is 35.5. The maximum absolute atomic E-state index is 12.9. The summed E-state index contributed by atoms with van der Waals surface area (Å²) in [7, 11) is 1.80. The number of carbonyl (C=O) groups is 1. The van der Waals surface area contributed by atoms with Crippen LogP contribution in [-0.4, -0.2) is 28.3 Å². The number of halogens is 2. The average Bonchev–Trinajstić information content (AvgIpc) is 2.61. The van der Waals surface area contributed by atoms with Gasteiger partial charge >= 0.3 is 0 Å². The third-order valence-corrected chi connectivity index (χ3v) is 3.16. The summed E-state index contributed by atoms with van der Waals surface area (Å²) in [6, 6.07) is 9.78. The summed E-state index contributed by atoms with van der Waals surface area (Å²) in [5, 5.41) is 3.39. The summed E-state index contributed by atoms with van der Waals surface area (Å²) in [6.07, 6.45) is 3.10. The van der Waals surface area contributed by atoms with Gasteiger partial charge in [-0.05, 0) is 19.1 Å². The van der Waals surface area contributed by atoms with E-state index < -0.39 is 5.82 Å². The SMILES string of the molecule is CNc1cccc(Cl)n1.Cc1cc(Oc2cncc(F)c2)cc(C=O)n1. The average molecular weight is 375 g/mol. The molecule has 3 aromatic heterocycles. The van der Waals surface area contributed by atoms with E-state index >= 15 is 0 Å². The van der Waals surface area contributed by atoms with Crippen molar-refractivity contribution in [2.75, 3.05) is 12.4 Å². The van der Waals surface area contributed by atoms with Gasteiger partial charge in [-0.25, -0.2) is 9.37 Å². The molecule has 3 aromatic rings. The summed E-state index contributed by atoms with van der Waals surface area (Å²) in [6.45, 7) is 1.74. The zero-order valence-electron chi connectivity index (χ0n) is 14.1. The largest absolute Gasteiger partial charge is 0.455 e. The highest BCUT2D eigenvalue weighted by molar-refractivity contribution is 6.29. The van der Waals surface area contributed by atoms with Crippen molar-refractivity contribution in [3.8, 4) is 11.5 Å². The lowest BCUT2D eigenvalue weighted by Crippen LogP contribution is -1.93. The molecule has 0 saturated carbocycles. The van der Waals surface area contributed by atoms with Gasteiger partial charge in [-0.2, -0.15) is 0 Å². The van der Waals surface area contributed by atoms with E-state index in [9.17, 15) is 9.18 Å². The van der Waals surface area contributed by atoms with E-state index in [0.717, 1.165) is 12.0 Å². The Bertz CT molecular complexity index is 893. The molecule has 0 aliphatic rings. The Morgan fingerprint density at radius 3 is 2.58 bits per heavy atom. The van der Waals surface area contributed by atoms with Crippen molar-refractivity contribution >= 4 is 23.7 Å². The minimum atomic E-state index is -0.483. The van der Waals surface area contributed by atoms with Crippen LogP contribution in [0.4, 0.5) is 10.2 Å². The summed E-state index contributed by atoms with van der Waals surface area (Å²) >= 11 is 5.57. The molecule has 1 N–H and O–H groups in total. The summed E-state index contributed by atoms with van der Waals surface area (Å²) in [4.78, 5) is 22.2.